The maximum atomic E-state index is 4.23. The van der Waals surface area contributed by atoms with Crippen molar-refractivity contribution in [2.75, 3.05) is 13.6 Å². The Morgan fingerprint density at radius 3 is 3.00 bits per heavy atom. The number of hydrogen-bond donors (Lipinski definition) is 1. The van der Waals surface area contributed by atoms with Crippen LogP contribution in [0, 0.1) is 0 Å². The predicted octanol–water partition coefficient (Wildman–Crippen LogP) is 1.23. The number of nitrogens with one attached hydrogen (secondary N) is 1. The zero-order valence-corrected chi connectivity index (χ0v) is 8.04. The van der Waals surface area contributed by atoms with Crippen LogP contribution in [-0.4, -0.2) is 23.4 Å². The molecule has 0 aromatic carbocycles. The van der Waals surface area contributed by atoms with E-state index in [-0.39, 0.29) is 0 Å². The molecule has 0 aliphatic rings. The first-order chi connectivity index (χ1) is 5.79. The third kappa shape index (κ3) is 1.85. The lowest BCUT2D eigenvalue weighted by Gasteiger charge is -2.11. The number of likely N-dealkylation sites (N-methyl/N-ethyl adjacent to an activating group) is 1. The molecule has 0 fully saturated rings. The number of aryl methyl sites for hydroxylation is 1. The van der Waals surface area contributed by atoms with E-state index in [0.29, 0.717) is 5.92 Å². The van der Waals surface area contributed by atoms with Gasteiger partial charge in [-0.25, -0.2) is 0 Å². The van der Waals surface area contributed by atoms with Gasteiger partial charge in [0.1, 0.15) is 0 Å². The second kappa shape index (κ2) is 4.26. The predicted molar refractivity (Wildman–Crippen MR) is 50.2 cm³/mol. The molecule has 1 aromatic heterocycles. The average molecular weight is 167 g/mol. The molecular formula is C9H17N3. The first-order valence-electron chi connectivity index (χ1n) is 4.45. The minimum Gasteiger partial charge on any atom is -0.319 e. The standard InChI is InChI=1S/C9H17N3/c1-4-12-9(5-6-11-12)8(2)7-10-3/h5-6,8,10H,4,7H2,1-3H3. The summed E-state index contributed by atoms with van der Waals surface area (Å²) in [6.45, 7) is 6.28. The fourth-order valence-corrected chi connectivity index (χ4v) is 1.44. The van der Waals surface area contributed by atoms with Gasteiger partial charge in [-0.1, -0.05) is 6.92 Å². The van der Waals surface area contributed by atoms with Gasteiger partial charge < -0.3 is 5.32 Å². The van der Waals surface area contributed by atoms with Gasteiger partial charge in [-0.2, -0.15) is 5.10 Å². The highest BCUT2D eigenvalue weighted by molar-refractivity contribution is 5.07. The van der Waals surface area contributed by atoms with Gasteiger partial charge in [-0.05, 0) is 20.0 Å². The molecule has 0 spiro atoms. The first-order valence-corrected chi connectivity index (χ1v) is 4.45. The molecule has 0 aliphatic carbocycles. The lowest BCUT2D eigenvalue weighted by Crippen LogP contribution is -2.17. The van der Waals surface area contributed by atoms with E-state index in [4.69, 9.17) is 0 Å². The van der Waals surface area contributed by atoms with E-state index >= 15 is 0 Å². The number of rotatable bonds is 4. The Kier molecular flexibility index (Phi) is 3.29. The van der Waals surface area contributed by atoms with Crippen molar-refractivity contribution < 1.29 is 0 Å². The minimum absolute atomic E-state index is 0.539. The Morgan fingerprint density at radius 2 is 2.42 bits per heavy atom. The zero-order chi connectivity index (χ0) is 8.97. The molecule has 1 aromatic rings. The molecule has 68 valence electrons. The van der Waals surface area contributed by atoms with E-state index in [1.165, 1.54) is 5.69 Å². The lowest BCUT2D eigenvalue weighted by atomic mass is 10.1. The molecule has 1 rings (SSSR count). The van der Waals surface area contributed by atoms with Crippen LogP contribution in [0.2, 0.25) is 0 Å². The third-order valence-corrected chi connectivity index (χ3v) is 2.06. The van der Waals surface area contributed by atoms with Gasteiger partial charge >= 0.3 is 0 Å². The highest BCUT2D eigenvalue weighted by Gasteiger charge is 2.08. The molecule has 0 amide bonds. The van der Waals surface area contributed by atoms with Crippen molar-refractivity contribution in [2.45, 2.75) is 26.3 Å². The molecule has 3 nitrogen and oxygen atoms in total. The normalized spacial score (nSPS) is 13.2. The summed E-state index contributed by atoms with van der Waals surface area (Å²) < 4.78 is 2.04. The van der Waals surface area contributed by atoms with Crippen LogP contribution in [0.4, 0.5) is 0 Å². The van der Waals surface area contributed by atoms with Crippen molar-refractivity contribution in [1.82, 2.24) is 15.1 Å². The summed E-state index contributed by atoms with van der Waals surface area (Å²) in [7, 11) is 1.98. The molecule has 3 heteroatoms. The van der Waals surface area contributed by atoms with Crippen LogP contribution >= 0.6 is 0 Å². The highest BCUT2D eigenvalue weighted by atomic mass is 15.3. The highest BCUT2D eigenvalue weighted by Crippen LogP contribution is 2.12. The minimum atomic E-state index is 0.539. The average Bonchev–Trinajstić information content (AvgIpc) is 2.51. The Bertz CT molecular complexity index is 229. The summed E-state index contributed by atoms with van der Waals surface area (Å²) in [6, 6.07) is 2.09. The van der Waals surface area contributed by atoms with Gasteiger partial charge in [0.05, 0.1) is 0 Å². The summed E-state index contributed by atoms with van der Waals surface area (Å²) in [5.74, 6) is 0.539. The van der Waals surface area contributed by atoms with Crippen LogP contribution in [0.5, 0.6) is 0 Å². The maximum absolute atomic E-state index is 4.23. The summed E-state index contributed by atoms with van der Waals surface area (Å²) in [5.41, 5.74) is 1.31. The van der Waals surface area contributed by atoms with E-state index in [0.717, 1.165) is 13.1 Å². The van der Waals surface area contributed by atoms with Gasteiger partial charge in [0, 0.05) is 30.9 Å². The smallest absolute Gasteiger partial charge is 0.0492 e. The van der Waals surface area contributed by atoms with Crippen LogP contribution < -0.4 is 5.32 Å². The number of aromatic nitrogens is 2. The van der Waals surface area contributed by atoms with E-state index in [1.54, 1.807) is 0 Å². The molecule has 1 heterocycles. The van der Waals surface area contributed by atoms with Gasteiger partial charge in [0.15, 0.2) is 0 Å². The molecular weight excluding hydrogens is 150 g/mol. The summed E-state index contributed by atoms with van der Waals surface area (Å²) in [4.78, 5) is 0. The zero-order valence-electron chi connectivity index (χ0n) is 8.04. The third-order valence-electron chi connectivity index (χ3n) is 2.06. The lowest BCUT2D eigenvalue weighted by molar-refractivity contribution is 0.565. The fraction of sp³-hybridized carbons (Fsp3) is 0.667. The van der Waals surface area contributed by atoms with Crippen molar-refractivity contribution >= 4 is 0 Å². The molecule has 12 heavy (non-hydrogen) atoms. The molecule has 0 bridgehead atoms. The van der Waals surface area contributed by atoms with E-state index in [9.17, 15) is 0 Å². The van der Waals surface area contributed by atoms with E-state index < -0.39 is 0 Å². The van der Waals surface area contributed by atoms with E-state index in [2.05, 4.69) is 30.3 Å². The Hall–Kier alpha value is -0.830. The van der Waals surface area contributed by atoms with E-state index in [1.807, 2.05) is 17.9 Å². The summed E-state index contributed by atoms with van der Waals surface area (Å²) in [6.07, 6.45) is 1.87. The Labute approximate surface area is 73.8 Å². The summed E-state index contributed by atoms with van der Waals surface area (Å²) >= 11 is 0. The van der Waals surface area contributed by atoms with Crippen LogP contribution in [0.15, 0.2) is 12.3 Å². The molecule has 1 N–H and O–H groups in total. The molecule has 0 radical (unpaired) electrons. The van der Waals surface area contributed by atoms with Crippen molar-refractivity contribution in [2.24, 2.45) is 0 Å². The Morgan fingerprint density at radius 1 is 1.67 bits per heavy atom. The first kappa shape index (κ1) is 9.26. The van der Waals surface area contributed by atoms with Crippen molar-refractivity contribution in [3.8, 4) is 0 Å². The van der Waals surface area contributed by atoms with Crippen molar-refractivity contribution in [1.29, 1.82) is 0 Å². The largest absolute Gasteiger partial charge is 0.319 e. The molecule has 0 saturated carbocycles. The number of hydrogen-bond acceptors (Lipinski definition) is 2. The van der Waals surface area contributed by atoms with Crippen LogP contribution in [-0.2, 0) is 6.54 Å². The maximum Gasteiger partial charge on any atom is 0.0492 e. The monoisotopic (exact) mass is 167 g/mol. The molecule has 1 atom stereocenters. The quantitative estimate of drug-likeness (QED) is 0.731. The molecule has 0 aliphatic heterocycles. The van der Waals surface area contributed by atoms with Crippen LogP contribution in [0.3, 0.4) is 0 Å². The van der Waals surface area contributed by atoms with Gasteiger partial charge in [0.25, 0.3) is 0 Å². The van der Waals surface area contributed by atoms with Gasteiger partial charge in [0.2, 0.25) is 0 Å². The van der Waals surface area contributed by atoms with Gasteiger partial charge in [-0.15, -0.1) is 0 Å². The molecule has 0 saturated heterocycles. The number of nitrogens with zero attached hydrogens (tertiary/aromatic N) is 2. The van der Waals surface area contributed by atoms with Crippen molar-refractivity contribution in [3.63, 3.8) is 0 Å². The van der Waals surface area contributed by atoms with Crippen LogP contribution in [0.1, 0.15) is 25.5 Å². The Balaban J connectivity index is 2.71. The van der Waals surface area contributed by atoms with Gasteiger partial charge in [-0.3, -0.25) is 4.68 Å². The van der Waals surface area contributed by atoms with Crippen LogP contribution in [0.25, 0.3) is 0 Å². The second-order valence-corrected chi connectivity index (χ2v) is 3.03. The molecule has 1 unspecified atom stereocenters. The fourth-order valence-electron chi connectivity index (χ4n) is 1.44. The second-order valence-electron chi connectivity index (χ2n) is 3.03. The topological polar surface area (TPSA) is 29.9 Å². The SMILES string of the molecule is CCn1nccc1C(C)CNC. The van der Waals surface area contributed by atoms with Crippen molar-refractivity contribution in [3.05, 3.63) is 18.0 Å². The summed E-state index contributed by atoms with van der Waals surface area (Å²) in [5, 5.41) is 7.39.